The maximum atomic E-state index is 5.32. The van der Waals surface area contributed by atoms with Gasteiger partial charge in [0.25, 0.3) is 0 Å². The third kappa shape index (κ3) is 3.73. The summed E-state index contributed by atoms with van der Waals surface area (Å²) >= 11 is 1.89. The van der Waals surface area contributed by atoms with Gasteiger partial charge in [-0.15, -0.1) is 11.3 Å². The minimum atomic E-state index is 0.242. The summed E-state index contributed by atoms with van der Waals surface area (Å²) in [6.45, 7) is 8.63. The van der Waals surface area contributed by atoms with Crippen molar-refractivity contribution < 1.29 is 9.64 Å². The standard InChI is InChI=1S/C20H30N4OS/c1-13-7-9-24(10-8-13)11-17-22-19(21-14(2)12-25-3)18-15-5-4-6-16(15)26-20(18)23-17/h13-14H,4-12H2,1-3H3,(H,21,22,23)/p+1/t14-/m1/s1. The fourth-order valence-electron chi connectivity index (χ4n) is 4.32. The van der Waals surface area contributed by atoms with Crippen LogP contribution >= 0.6 is 11.3 Å². The zero-order chi connectivity index (χ0) is 18.1. The third-order valence-corrected chi connectivity index (χ3v) is 6.99. The summed E-state index contributed by atoms with van der Waals surface area (Å²) in [5.74, 6) is 2.89. The van der Waals surface area contributed by atoms with Crippen LogP contribution in [0.5, 0.6) is 0 Å². The first-order valence-electron chi connectivity index (χ1n) is 10.0. The van der Waals surface area contributed by atoms with Gasteiger partial charge in [0.1, 0.15) is 17.2 Å². The van der Waals surface area contributed by atoms with Gasteiger partial charge < -0.3 is 15.0 Å². The summed E-state index contributed by atoms with van der Waals surface area (Å²) in [5, 5.41) is 4.88. The quantitative estimate of drug-likeness (QED) is 0.814. The van der Waals surface area contributed by atoms with Crippen LogP contribution in [0.3, 0.4) is 0 Å². The second-order valence-corrected chi connectivity index (χ2v) is 9.22. The van der Waals surface area contributed by atoms with E-state index in [1.54, 1.807) is 12.0 Å². The number of aryl methyl sites for hydroxylation is 2. The molecular formula is C20H31N4OS+. The molecule has 2 N–H and O–H groups in total. The summed E-state index contributed by atoms with van der Waals surface area (Å²) in [6.07, 6.45) is 6.28. The van der Waals surface area contributed by atoms with Gasteiger partial charge in [-0.25, -0.2) is 9.97 Å². The van der Waals surface area contributed by atoms with Crippen molar-refractivity contribution in [3.05, 3.63) is 16.3 Å². The van der Waals surface area contributed by atoms with E-state index in [0.29, 0.717) is 6.61 Å². The van der Waals surface area contributed by atoms with E-state index in [2.05, 4.69) is 19.2 Å². The molecule has 1 fully saturated rings. The molecule has 5 nitrogen and oxygen atoms in total. The van der Waals surface area contributed by atoms with Crippen molar-refractivity contribution in [1.82, 2.24) is 9.97 Å². The Morgan fingerprint density at radius 3 is 2.85 bits per heavy atom. The fourth-order valence-corrected chi connectivity index (χ4v) is 5.60. The fraction of sp³-hybridized carbons (Fsp3) is 0.700. The number of quaternary nitrogens is 1. The van der Waals surface area contributed by atoms with E-state index in [4.69, 9.17) is 14.7 Å². The molecule has 1 aliphatic carbocycles. The maximum Gasteiger partial charge on any atom is 0.187 e. The Bertz CT molecular complexity index is 767. The Morgan fingerprint density at radius 2 is 2.08 bits per heavy atom. The van der Waals surface area contributed by atoms with Crippen molar-refractivity contribution in [2.24, 2.45) is 5.92 Å². The van der Waals surface area contributed by atoms with E-state index in [9.17, 15) is 0 Å². The molecule has 6 heteroatoms. The molecule has 0 aromatic carbocycles. The number of hydrogen-bond acceptors (Lipinski definition) is 5. The normalized spacial score (nSPS) is 24.0. The molecule has 26 heavy (non-hydrogen) atoms. The van der Waals surface area contributed by atoms with Gasteiger partial charge in [0.15, 0.2) is 5.82 Å². The smallest absolute Gasteiger partial charge is 0.187 e. The number of ether oxygens (including phenoxy) is 1. The molecule has 2 aliphatic rings. The zero-order valence-electron chi connectivity index (χ0n) is 16.2. The minimum Gasteiger partial charge on any atom is -0.383 e. The minimum absolute atomic E-state index is 0.242. The van der Waals surface area contributed by atoms with E-state index < -0.39 is 0 Å². The van der Waals surface area contributed by atoms with E-state index in [-0.39, 0.29) is 6.04 Å². The Labute approximate surface area is 160 Å². The van der Waals surface area contributed by atoms with Crippen LogP contribution in [0.1, 0.15) is 49.4 Å². The number of anilines is 1. The van der Waals surface area contributed by atoms with Crippen LogP contribution in [0.2, 0.25) is 0 Å². The Hall–Kier alpha value is -1.24. The predicted molar refractivity (Wildman–Crippen MR) is 107 cm³/mol. The lowest BCUT2D eigenvalue weighted by Crippen LogP contribution is -3.11. The van der Waals surface area contributed by atoms with Crippen LogP contribution in [-0.2, 0) is 24.1 Å². The number of hydrogen-bond donors (Lipinski definition) is 2. The van der Waals surface area contributed by atoms with Crippen LogP contribution in [0.25, 0.3) is 10.2 Å². The molecule has 0 radical (unpaired) electrons. The summed E-state index contributed by atoms with van der Waals surface area (Å²) < 4.78 is 5.32. The van der Waals surface area contributed by atoms with E-state index in [1.807, 2.05) is 11.3 Å². The second-order valence-electron chi connectivity index (χ2n) is 8.14. The number of thiophene rings is 1. The largest absolute Gasteiger partial charge is 0.383 e. The number of nitrogens with zero attached hydrogens (tertiary/aromatic N) is 2. The molecular weight excluding hydrogens is 344 g/mol. The first-order chi connectivity index (χ1) is 12.6. The highest BCUT2D eigenvalue weighted by Crippen LogP contribution is 2.39. The van der Waals surface area contributed by atoms with Gasteiger partial charge in [-0.3, -0.25) is 0 Å². The lowest BCUT2D eigenvalue weighted by molar-refractivity contribution is -0.920. The molecule has 0 saturated carbocycles. The predicted octanol–water partition coefficient (Wildman–Crippen LogP) is 2.44. The highest BCUT2D eigenvalue weighted by atomic mass is 32.1. The highest BCUT2D eigenvalue weighted by Gasteiger charge is 2.25. The summed E-state index contributed by atoms with van der Waals surface area (Å²) in [7, 11) is 1.75. The molecule has 1 aliphatic heterocycles. The summed E-state index contributed by atoms with van der Waals surface area (Å²) in [4.78, 5) is 14.3. The molecule has 0 unspecified atom stereocenters. The Morgan fingerprint density at radius 1 is 1.27 bits per heavy atom. The van der Waals surface area contributed by atoms with Gasteiger partial charge in [-0.05, 0) is 50.5 Å². The monoisotopic (exact) mass is 375 g/mol. The molecule has 142 valence electrons. The average molecular weight is 376 g/mol. The Balaban J connectivity index is 1.64. The number of likely N-dealkylation sites (tertiary alicyclic amines) is 1. The van der Waals surface area contributed by atoms with E-state index in [0.717, 1.165) is 24.1 Å². The van der Waals surface area contributed by atoms with Crippen molar-refractivity contribution >= 4 is 27.4 Å². The van der Waals surface area contributed by atoms with Gasteiger partial charge >= 0.3 is 0 Å². The first kappa shape index (κ1) is 18.1. The van der Waals surface area contributed by atoms with Crippen molar-refractivity contribution in [1.29, 1.82) is 0 Å². The van der Waals surface area contributed by atoms with Crippen LogP contribution in [0, 0.1) is 5.92 Å². The number of fused-ring (bicyclic) bond motifs is 3. The van der Waals surface area contributed by atoms with Crippen LogP contribution in [0.15, 0.2) is 0 Å². The topological polar surface area (TPSA) is 51.5 Å². The highest BCUT2D eigenvalue weighted by molar-refractivity contribution is 7.19. The molecule has 0 spiro atoms. The van der Waals surface area contributed by atoms with E-state index in [1.165, 1.54) is 65.9 Å². The van der Waals surface area contributed by atoms with Crippen molar-refractivity contribution in [2.45, 2.75) is 58.5 Å². The van der Waals surface area contributed by atoms with Gasteiger partial charge in [0.05, 0.1) is 25.1 Å². The average Bonchev–Trinajstić information content (AvgIpc) is 3.17. The molecule has 1 atom stereocenters. The van der Waals surface area contributed by atoms with Gasteiger partial charge in [0, 0.05) is 18.0 Å². The molecule has 1 saturated heterocycles. The van der Waals surface area contributed by atoms with Gasteiger partial charge in [-0.1, -0.05) is 6.92 Å². The maximum absolute atomic E-state index is 5.32. The first-order valence-corrected chi connectivity index (χ1v) is 10.9. The zero-order valence-corrected chi connectivity index (χ0v) is 17.0. The second kappa shape index (κ2) is 7.79. The van der Waals surface area contributed by atoms with E-state index >= 15 is 0 Å². The lowest BCUT2D eigenvalue weighted by Gasteiger charge is -2.26. The SMILES string of the molecule is COC[C@@H](C)Nc1nc(C[NH+]2CCC(C)CC2)nc2sc3c(c12)CCC3. The van der Waals surface area contributed by atoms with Crippen molar-refractivity contribution in [3.63, 3.8) is 0 Å². The van der Waals surface area contributed by atoms with Crippen molar-refractivity contribution in [2.75, 3.05) is 32.1 Å². The number of piperidine rings is 1. The molecule has 0 bridgehead atoms. The molecule has 3 heterocycles. The van der Waals surface area contributed by atoms with Crippen LogP contribution < -0.4 is 10.2 Å². The van der Waals surface area contributed by atoms with Gasteiger partial charge in [-0.2, -0.15) is 0 Å². The third-order valence-electron chi connectivity index (χ3n) is 5.80. The molecule has 0 amide bonds. The van der Waals surface area contributed by atoms with Crippen molar-refractivity contribution in [3.8, 4) is 0 Å². The number of aromatic nitrogens is 2. The Kier molecular flexibility index (Phi) is 5.43. The molecule has 2 aromatic rings. The van der Waals surface area contributed by atoms with Crippen LogP contribution in [-0.4, -0.2) is 42.8 Å². The summed E-state index contributed by atoms with van der Waals surface area (Å²) in [6, 6.07) is 0.242. The van der Waals surface area contributed by atoms with Gasteiger partial charge in [0.2, 0.25) is 0 Å². The number of nitrogens with one attached hydrogen (secondary N) is 2. The van der Waals surface area contributed by atoms with Crippen LogP contribution in [0.4, 0.5) is 5.82 Å². The number of rotatable bonds is 6. The summed E-state index contributed by atoms with van der Waals surface area (Å²) in [5.41, 5.74) is 1.49. The molecule has 4 rings (SSSR count). The molecule has 2 aromatic heterocycles. The lowest BCUT2D eigenvalue weighted by atomic mass is 9.99. The number of methoxy groups -OCH3 is 1.